The van der Waals surface area contributed by atoms with Crippen LogP contribution in [0.1, 0.15) is 24.2 Å². The topological polar surface area (TPSA) is 58.6 Å². The number of ether oxygens (including phenoxy) is 1. The third kappa shape index (κ3) is 3.43. The molecule has 0 saturated heterocycles. The summed E-state index contributed by atoms with van der Waals surface area (Å²) in [6, 6.07) is 3.76. The molecule has 1 aromatic rings. The maximum absolute atomic E-state index is 13.2. The molecule has 0 saturated carbocycles. The van der Waals surface area contributed by atoms with Gasteiger partial charge in [0, 0.05) is 18.2 Å². The van der Waals surface area contributed by atoms with Crippen molar-refractivity contribution in [2.45, 2.75) is 19.9 Å². The normalized spacial score (nSPS) is 13.8. The van der Waals surface area contributed by atoms with Crippen LogP contribution in [-0.4, -0.2) is 30.8 Å². The second-order valence-electron chi connectivity index (χ2n) is 4.27. The van der Waals surface area contributed by atoms with Crippen molar-refractivity contribution in [2.75, 3.05) is 13.7 Å². The first kappa shape index (κ1) is 14.4. The molecule has 1 aromatic carbocycles. The zero-order chi connectivity index (χ0) is 13.7. The zero-order valence-electron chi connectivity index (χ0n) is 10.7. The standard InChI is InChI=1S/C13H18FNO3/c1-8(7-16)9(2)15-13(17)10-4-5-11(14)12(6-10)18-3/h4-6,8-9,16H,7H2,1-3H3,(H,15,17). The van der Waals surface area contributed by atoms with Crippen LogP contribution in [-0.2, 0) is 0 Å². The lowest BCUT2D eigenvalue weighted by Crippen LogP contribution is -2.38. The maximum atomic E-state index is 13.2. The summed E-state index contributed by atoms with van der Waals surface area (Å²) in [5, 5.41) is 11.7. The van der Waals surface area contributed by atoms with E-state index in [1.807, 2.05) is 6.92 Å². The van der Waals surface area contributed by atoms with Crippen molar-refractivity contribution in [1.82, 2.24) is 5.32 Å². The first-order chi connectivity index (χ1) is 8.49. The van der Waals surface area contributed by atoms with E-state index < -0.39 is 5.82 Å². The van der Waals surface area contributed by atoms with E-state index in [-0.39, 0.29) is 30.2 Å². The molecule has 2 unspecified atom stereocenters. The molecule has 0 aromatic heterocycles. The number of carbonyl (C=O) groups excluding carboxylic acids is 1. The van der Waals surface area contributed by atoms with Crippen LogP contribution in [0.3, 0.4) is 0 Å². The molecule has 0 aliphatic carbocycles. The second-order valence-corrected chi connectivity index (χ2v) is 4.27. The van der Waals surface area contributed by atoms with Crippen molar-refractivity contribution in [3.63, 3.8) is 0 Å². The number of aliphatic hydroxyl groups is 1. The van der Waals surface area contributed by atoms with E-state index in [9.17, 15) is 9.18 Å². The van der Waals surface area contributed by atoms with Crippen LogP contribution in [0.2, 0.25) is 0 Å². The Balaban J connectivity index is 2.78. The molecule has 5 heteroatoms. The Morgan fingerprint density at radius 1 is 1.50 bits per heavy atom. The number of aliphatic hydroxyl groups excluding tert-OH is 1. The molecule has 0 aliphatic heterocycles. The number of rotatable bonds is 5. The molecule has 0 fully saturated rings. The highest BCUT2D eigenvalue weighted by molar-refractivity contribution is 5.94. The molecule has 2 atom stereocenters. The molecule has 100 valence electrons. The quantitative estimate of drug-likeness (QED) is 0.840. The number of methoxy groups -OCH3 is 1. The Kier molecular flexibility index (Phi) is 5.09. The zero-order valence-corrected chi connectivity index (χ0v) is 10.7. The number of hydrogen-bond donors (Lipinski definition) is 2. The summed E-state index contributed by atoms with van der Waals surface area (Å²) in [5.41, 5.74) is 0.324. The van der Waals surface area contributed by atoms with Crippen LogP contribution in [0.25, 0.3) is 0 Å². The molecule has 0 bridgehead atoms. The highest BCUT2D eigenvalue weighted by atomic mass is 19.1. The highest BCUT2D eigenvalue weighted by Gasteiger charge is 2.16. The number of benzene rings is 1. The summed E-state index contributed by atoms with van der Waals surface area (Å²) in [4.78, 5) is 11.9. The molecule has 0 heterocycles. The lowest BCUT2D eigenvalue weighted by Gasteiger charge is -2.19. The van der Waals surface area contributed by atoms with E-state index >= 15 is 0 Å². The summed E-state index contributed by atoms with van der Waals surface area (Å²) in [6.45, 7) is 3.63. The van der Waals surface area contributed by atoms with Gasteiger partial charge in [0.05, 0.1) is 7.11 Å². The van der Waals surface area contributed by atoms with Crippen LogP contribution in [0.15, 0.2) is 18.2 Å². The van der Waals surface area contributed by atoms with Gasteiger partial charge in [-0.3, -0.25) is 4.79 Å². The van der Waals surface area contributed by atoms with Gasteiger partial charge in [0.1, 0.15) is 0 Å². The van der Waals surface area contributed by atoms with Gasteiger partial charge in [-0.25, -0.2) is 4.39 Å². The van der Waals surface area contributed by atoms with Gasteiger partial charge < -0.3 is 15.2 Å². The maximum Gasteiger partial charge on any atom is 0.251 e. The van der Waals surface area contributed by atoms with Crippen molar-refractivity contribution in [3.8, 4) is 5.75 Å². The van der Waals surface area contributed by atoms with Gasteiger partial charge in [0.25, 0.3) is 5.91 Å². The van der Waals surface area contributed by atoms with Gasteiger partial charge in [-0.05, 0) is 31.0 Å². The second kappa shape index (κ2) is 6.35. The number of hydrogen-bond acceptors (Lipinski definition) is 3. The Labute approximate surface area is 106 Å². The molecule has 1 amide bonds. The minimum Gasteiger partial charge on any atom is -0.494 e. The Hall–Kier alpha value is -1.62. The first-order valence-electron chi connectivity index (χ1n) is 5.74. The molecular formula is C13H18FNO3. The van der Waals surface area contributed by atoms with E-state index in [2.05, 4.69) is 5.32 Å². The molecule has 0 spiro atoms. The van der Waals surface area contributed by atoms with Gasteiger partial charge >= 0.3 is 0 Å². The molecule has 18 heavy (non-hydrogen) atoms. The number of carbonyl (C=O) groups is 1. The average Bonchev–Trinajstić information content (AvgIpc) is 2.37. The van der Waals surface area contributed by atoms with Crippen molar-refractivity contribution in [3.05, 3.63) is 29.6 Å². The predicted octanol–water partition coefficient (Wildman–Crippen LogP) is 1.58. The lowest BCUT2D eigenvalue weighted by atomic mass is 10.0. The fraction of sp³-hybridized carbons (Fsp3) is 0.462. The Morgan fingerprint density at radius 2 is 2.17 bits per heavy atom. The highest BCUT2D eigenvalue weighted by Crippen LogP contribution is 2.18. The Bertz CT molecular complexity index is 423. The fourth-order valence-corrected chi connectivity index (χ4v) is 1.39. The number of amides is 1. The Morgan fingerprint density at radius 3 is 2.72 bits per heavy atom. The van der Waals surface area contributed by atoms with Crippen LogP contribution < -0.4 is 10.1 Å². The largest absolute Gasteiger partial charge is 0.494 e. The summed E-state index contributed by atoms with van der Waals surface area (Å²) >= 11 is 0. The fourth-order valence-electron chi connectivity index (χ4n) is 1.39. The molecule has 0 aliphatic rings. The molecule has 0 radical (unpaired) electrons. The summed E-state index contributed by atoms with van der Waals surface area (Å²) in [6.07, 6.45) is 0. The van der Waals surface area contributed by atoms with E-state index in [0.717, 1.165) is 0 Å². The van der Waals surface area contributed by atoms with Gasteiger partial charge in [-0.2, -0.15) is 0 Å². The summed E-state index contributed by atoms with van der Waals surface area (Å²) in [5.74, 6) is -0.839. The molecule has 2 N–H and O–H groups in total. The minimum absolute atomic E-state index is 0.00577. The van der Waals surface area contributed by atoms with Crippen LogP contribution in [0, 0.1) is 11.7 Å². The van der Waals surface area contributed by atoms with Crippen molar-refractivity contribution < 1.29 is 19.0 Å². The molecule has 4 nitrogen and oxygen atoms in total. The number of nitrogens with one attached hydrogen (secondary N) is 1. The minimum atomic E-state index is -0.508. The summed E-state index contributed by atoms with van der Waals surface area (Å²) in [7, 11) is 1.34. The predicted molar refractivity (Wildman–Crippen MR) is 66.1 cm³/mol. The number of halogens is 1. The van der Waals surface area contributed by atoms with Gasteiger partial charge in [-0.15, -0.1) is 0 Å². The van der Waals surface area contributed by atoms with Crippen LogP contribution in [0.5, 0.6) is 5.75 Å². The SMILES string of the molecule is COc1cc(C(=O)NC(C)C(C)CO)ccc1F. The van der Waals surface area contributed by atoms with Crippen LogP contribution in [0.4, 0.5) is 4.39 Å². The van der Waals surface area contributed by atoms with Crippen molar-refractivity contribution in [2.24, 2.45) is 5.92 Å². The van der Waals surface area contributed by atoms with Gasteiger partial charge in [0.15, 0.2) is 11.6 Å². The van der Waals surface area contributed by atoms with E-state index in [0.29, 0.717) is 5.56 Å². The van der Waals surface area contributed by atoms with E-state index in [4.69, 9.17) is 9.84 Å². The third-order valence-electron chi connectivity index (χ3n) is 2.91. The lowest BCUT2D eigenvalue weighted by molar-refractivity contribution is 0.0916. The van der Waals surface area contributed by atoms with E-state index in [1.165, 1.54) is 25.3 Å². The summed E-state index contributed by atoms with van der Waals surface area (Å²) < 4.78 is 18.0. The first-order valence-corrected chi connectivity index (χ1v) is 5.74. The van der Waals surface area contributed by atoms with Gasteiger partial charge in [-0.1, -0.05) is 6.92 Å². The smallest absolute Gasteiger partial charge is 0.251 e. The van der Waals surface area contributed by atoms with E-state index in [1.54, 1.807) is 6.92 Å². The van der Waals surface area contributed by atoms with Crippen molar-refractivity contribution >= 4 is 5.91 Å². The van der Waals surface area contributed by atoms with Crippen LogP contribution >= 0.6 is 0 Å². The third-order valence-corrected chi connectivity index (χ3v) is 2.91. The van der Waals surface area contributed by atoms with Crippen molar-refractivity contribution in [1.29, 1.82) is 0 Å². The molecular weight excluding hydrogens is 237 g/mol. The van der Waals surface area contributed by atoms with Gasteiger partial charge in [0.2, 0.25) is 0 Å². The molecule has 1 rings (SSSR count). The monoisotopic (exact) mass is 255 g/mol. The average molecular weight is 255 g/mol.